The van der Waals surface area contributed by atoms with Gasteiger partial charge >= 0.3 is 0 Å². The van der Waals surface area contributed by atoms with E-state index in [9.17, 15) is 14.7 Å². The number of amides is 1. The molecule has 4 aromatic rings. The molecular weight excluding hydrogens is 478 g/mol. The van der Waals surface area contributed by atoms with Crippen molar-refractivity contribution in [1.82, 2.24) is 9.97 Å². The fourth-order valence-corrected chi connectivity index (χ4v) is 6.22. The number of carbonyl (C=O) groups is 2. The molecule has 0 fully saturated rings. The molecule has 1 atom stereocenters. The van der Waals surface area contributed by atoms with Gasteiger partial charge in [-0.2, -0.15) is 0 Å². The largest absolute Gasteiger partial charge is 0.503 e. The number of carbonyl (C=O) groups excluding carboxylic acids is 2. The molecule has 1 N–H and O–H groups in total. The van der Waals surface area contributed by atoms with Crippen LogP contribution in [0.2, 0.25) is 5.02 Å². The molecule has 0 radical (unpaired) electrons. The number of nitrogens with zero attached hydrogens (tertiary/aromatic N) is 3. The van der Waals surface area contributed by atoms with Crippen LogP contribution in [0.4, 0.5) is 5.13 Å². The molecule has 2 aromatic heterocycles. The minimum Gasteiger partial charge on any atom is -0.503 e. The molecule has 0 saturated heterocycles. The molecule has 5 rings (SSSR count). The average Bonchev–Trinajstić information content (AvgIpc) is 3.41. The Kier molecular flexibility index (Phi) is 5.31. The van der Waals surface area contributed by atoms with Crippen LogP contribution in [0.1, 0.15) is 37.5 Å². The van der Waals surface area contributed by atoms with Gasteiger partial charge in [-0.05, 0) is 50.1 Å². The van der Waals surface area contributed by atoms with E-state index in [0.29, 0.717) is 26.3 Å². The Morgan fingerprint density at radius 3 is 2.55 bits per heavy atom. The van der Waals surface area contributed by atoms with Crippen LogP contribution in [0.25, 0.3) is 10.2 Å². The first-order valence-corrected chi connectivity index (χ1v) is 12.1. The van der Waals surface area contributed by atoms with Crippen molar-refractivity contribution in [2.24, 2.45) is 0 Å². The maximum atomic E-state index is 13.6. The standard InChI is InChI=1S/C24H18ClN3O3S2/c1-11-8-9-16-17(10-11)33-24(27-16)28-19(14-6-4-5-7-15(14)25)18(21(30)23(28)31)20(29)22-12(2)26-13(3)32-22/h4-10,19,30H,1-3H3. The van der Waals surface area contributed by atoms with Crippen molar-refractivity contribution in [3.05, 3.63) is 85.5 Å². The van der Waals surface area contributed by atoms with E-state index in [1.165, 1.54) is 27.6 Å². The van der Waals surface area contributed by atoms with Crippen LogP contribution in [0, 0.1) is 20.8 Å². The summed E-state index contributed by atoms with van der Waals surface area (Å²) < 4.78 is 0.906. The number of ketones is 1. The lowest BCUT2D eigenvalue weighted by Gasteiger charge is -2.25. The molecular formula is C24H18ClN3O3S2. The van der Waals surface area contributed by atoms with Crippen molar-refractivity contribution in [3.8, 4) is 0 Å². The van der Waals surface area contributed by atoms with E-state index in [0.717, 1.165) is 20.8 Å². The normalized spacial score (nSPS) is 16.3. The second kappa shape index (κ2) is 8.06. The Hall–Kier alpha value is -3.07. The quantitative estimate of drug-likeness (QED) is 0.345. The van der Waals surface area contributed by atoms with Gasteiger partial charge in [0.25, 0.3) is 5.91 Å². The summed E-state index contributed by atoms with van der Waals surface area (Å²) in [5.74, 6) is -1.71. The summed E-state index contributed by atoms with van der Waals surface area (Å²) in [5, 5.41) is 12.4. The Balaban J connectivity index is 1.71. The summed E-state index contributed by atoms with van der Waals surface area (Å²) in [6.07, 6.45) is 0. The fourth-order valence-electron chi connectivity index (χ4n) is 4.01. The highest BCUT2D eigenvalue weighted by Gasteiger charge is 2.47. The minimum atomic E-state index is -0.915. The van der Waals surface area contributed by atoms with Crippen LogP contribution >= 0.6 is 34.3 Å². The summed E-state index contributed by atoms with van der Waals surface area (Å²) in [6.45, 7) is 5.53. The lowest BCUT2D eigenvalue weighted by atomic mass is 9.95. The van der Waals surface area contributed by atoms with Crippen LogP contribution in [0.5, 0.6) is 0 Å². The molecule has 1 aliphatic rings. The molecule has 0 saturated carbocycles. The lowest BCUT2D eigenvalue weighted by Crippen LogP contribution is -2.31. The number of fused-ring (bicyclic) bond motifs is 1. The molecule has 0 aliphatic carbocycles. The highest BCUT2D eigenvalue weighted by atomic mass is 35.5. The molecule has 1 aliphatic heterocycles. The first-order chi connectivity index (χ1) is 15.8. The van der Waals surface area contributed by atoms with Gasteiger partial charge in [-0.3, -0.25) is 14.5 Å². The summed E-state index contributed by atoms with van der Waals surface area (Å²) in [5.41, 5.74) is 2.88. The molecule has 0 bridgehead atoms. The highest BCUT2D eigenvalue weighted by molar-refractivity contribution is 7.22. The van der Waals surface area contributed by atoms with Crippen LogP contribution in [0.3, 0.4) is 0 Å². The summed E-state index contributed by atoms with van der Waals surface area (Å²) in [7, 11) is 0. The van der Waals surface area contributed by atoms with Gasteiger partial charge in [0.15, 0.2) is 10.9 Å². The van der Waals surface area contributed by atoms with Gasteiger partial charge in [0.1, 0.15) is 0 Å². The summed E-state index contributed by atoms with van der Waals surface area (Å²) in [4.78, 5) is 37.7. The van der Waals surface area contributed by atoms with Gasteiger partial charge < -0.3 is 5.11 Å². The van der Waals surface area contributed by atoms with E-state index >= 15 is 0 Å². The first kappa shape index (κ1) is 21.8. The number of thiazole rings is 2. The summed E-state index contributed by atoms with van der Waals surface area (Å²) >= 11 is 9.09. The van der Waals surface area contributed by atoms with Crippen molar-refractivity contribution in [1.29, 1.82) is 0 Å². The zero-order valence-corrected chi connectivity index (χ0v) is 20.3. The van der Waals surface area contributed by atoms with Crippen molar-refractivity contribution in [2.45, 2.75) is 26.8 Å². The maximum Gasteiger partial charge on any atom is 0.296 e. The number of benzene rings is 2. The van der Waals surface area contributed by atoms with Crippen LogP contribution in [-0.2, 0) is 4.79 Å². The van der Waals surface area contributed by atoms with Gasteiger partial charge in [0, 0.05) is 5.02 Å². The molecule has 1 amide bonds. The Bertz CT molecular complexity index is 1490. The van der Waals surface area contributed by atoms with Gasteiger partial charge in [0.2, 0.25) is 5.78 Å². The number of rotatable bonds is 4. The van der Waals surface area contributed by atoms with Crippen LogP contribution in [-0.4, -0.2) is 26.8 Å². The molecule has 166 valence electrons. The highest BCUT2D eigenvalue weighted by Crippen LogP contribution is 2.46. The van der Waals surface area contributed by atoms with E-state index in [-0.39, 0.29) is 5.57 Å². The number of anilines is 1. The van der Waals surface area contributed by atoms with Gasteiger partial charge in [-0.25, -0.2) is 9.97 Å². The molecule has 2 aromatic carbocycles. The molecule has 1 unspecified atom stereocenters. The molecule has 33 heavy (non-hydrogen) atoms. The zero-order chi connectivity index (χ0) is 23.4. The predicted molar refractivity (Wildman–Crippen MR) is 132 cm³/mol. The Labute approximate surface area is 202 Å². The van der Waals surface area contributed by atoms with E-state index in [2.05, 4.69) is 9.97 Å². The number of aliphatic hydroxyl groups is 1. The van der Waals surface area contributed by atoms with Crippen LogP contribution < -0.4 is 4.90 Å². The fraction of sp³-hybridized carbons (Fsp3) is 0.167. The number of hydrogen-bond acceptors (Lipinski definition) is 7. The third-order valence-electron chi connectivity index (χ3n) is 5.50. The smallest absolute Gasteiger partial charge is 0.296 e. The lowest BCUT2D eigenvalue weighted by molar-refractivity contribution is -0.117. The minimum absolute atomic E-state index is 0.0183. The van der Waals surface area contributed by atoms with Crippen molar-refractivity contribution >= 4 is 61.3 Å². The number of aliphatic hydroxyl groups excluding tert-OH is 1. The predicted octanol–water partition coefficient (Wildman–Crippen LogP) is 6.11. The van der Waals surface area contributed by atoms with Gasteiger partial charge in [0.05, 0.1) is 37.4 Å². The summed E-state index contributed by atoms with van der Waals surface area (Å²) in [6, 6.07) is 11.9. The first-order valence-electron chi connectivity index (χ1n) is 10.1. The van der Waals surface area contributed by atoms with E-state index < -0.39 is 23.5 Å². The third kappa shape index (κ3) is 3.55. The zero-order valence-electron chi connectivity index (χ0n) is 17.9. The van der Waals surface area contributed by atoms with Crippen molar-refractivity contribution in [2.75, 3.05) is 4.90 Å². The molecule has 0 spiro atoms. The second-order valence-corrected chi connectivity index (χ2v) is 10.4. The van der Waals surface area contributed by atoms with Gasteiger partial charge in [-0.15, -0.1) is 11.3 Å². The van der Waals surface area contributed by atoms with E-state index in [1.807, 2.05) is 32.0 Å². The number of aryl methyl sites for hydroxylation is 3. The second-order valence-electron chi connectivity index (χ2n) is 7.81. The monoisotopic (exact) mass is 495 g/mol. The Morgan fingerprint density at radius 2 is 1.85 bits per heavy atom. The van der Waals surface area contributed by atoms with Crippen molar-refractivity contribution < 1.29 is 14.7 Å². The van der Waals surface area contributed by atoms with Crippen LogP contribution in [0.15, 0.2) is 53.8 Å². The number of Topliss-reactive ketones (excluding diaryl/α,β-unsaturated/α-hetero) is 1. The number of aromatic nitrogens is 2. The molecule has 9 heteroatoms. The molecule has 6 nitrogen and oxygen atoms in total. The van der Waals surface area contributed by atoms with E-state index in [4.69, 9.17) is 11.6 Å². The SMILES string of the molecule is Cc1ccc2nc(N3C(=O)C(O)=C(C(=O)c4sc(C)nc4C)C3c3ccccc3Cl)sc2c1. The third-order valence-corrected chi connectivity index (χ3v) is 7.93. The number of halogens is 1. The van der Waals surface area contributed by atoms with Gasteiger partial charge in [-0.1, -0.05) is 47.2 Å². The maximum absolute atomic E-state index is 13.6. The Morgan fingerprint density at radius 1 is 1.09 bits per heavy atom. The topological polar surface area (TPSA) is 83.4 Å². The number of hydrogen-bond donors (Lipinski definition) is 1. The van der Waals surface area contributed by atoms with E-state index in [1.54, 1.807) is 31.2 Å². The average molecular weight is 496 g/mol. The van der Waals surface area contributed by atoms with Crippen molar-refractivity contribution in [3.63, 3.8) is 0 Å². The molecule has 3 heterocycles.